The normalized spacial score (nSPS) is 24.9. The van der Waals surface area contributed by atoms with E-state index in [2.05, 4.69) is 64.9 Å². The molecule has 3 aromatic rings. The molecule has 0 radical (unpaired) electrons. The number of hydrogen-bond acceptors (Lipinski definition) is 7. The molecule has 0 unspecified atom stereocenters. The van der Waals surface area contributed by atoms with E-state index < -0.39 is 12.1 Å². The van der Waals surface area contributed by atoms with Gasteiger partial charge in [-0.2, -0.15) is 0 Å². The fourth-order valence-electron chi connectivity index (χ4n) is 6.58. The highest BCUT2D eigenvalue weighted by Crippen LogP contribution is 2.43. The maximum atomic E-state index is 11.9. The Morgan fingerprint density at radius 1 is 0.889 bits per heavy atom. The number of nitrogens with zero attached hydrogens (tertiary/aromatic N) is 1. The van der Waals surface area contributed by atoms with Crippen LogP contribution >= 0.6 is 0 Å². The molecule has 9 nitrogen and oxygen atoms in total. The first kappa shape index (κ1) is 31.7. The molecular weight excluding hydrogens is 570 g/mol. The summed E-state index contributed by atoms with van der Waals surface area (Å²) in [5.74, 6) is -0.304. The zero-order valence-electron chi connectivity index (χ0n) is 26.2. The number of aliphatic hydroxyl groups excluding tert-OH is 1. The third-order valence-electron chi connectivity index (χ3n) is 9.20. The van der Waals surface area contributed by atoms with Crippen molar-refractivity contribution in [1.82, 2.24) is 15.5 Å². The molecule has 0 aliphatic carbocycles. The fourth-order valence-corrected chi connectivity index (χ4v) is 6.58. The van der Waals surface area contributed by atoms with Crippen LogP contribution in [0.3, 0.4) is 0 Å². The van der Waals surface area contributed by atoms with E-state index in [9.17, 15) is 9.90 Å². The van der Waals surface area contributed by atoms with Crippen LogP contribution in [0.5, 0.6) is 0 Å². The Labute approximate surface area is 265 Å². The Balaban J connectivity index is 1.21. The number of hydrogen-bond donors (Lipinski definition) is 3. The van der Waals surface area contributed by atoms with Crippen molar-refractivity contribution in [2.45, 2.75) is 64.1 Å². The van der Waals surface area contributed by atoms with Gasteiger partial charge in [0.05, 0.1) is 32.0 Å². The summed E-state index contributed by atoms with van der Waals surface area (Å²) in [6.07, 6.45) is 0.943. The number of carbonyl (C=O) groups is 1. The fraction of sp³-hybridized carbons (Fsp3) is 0.472. The van der Waals surface area contributed by atoms with Crippen molar-refractivity contribution in [3.63, 3.8) is 0 Å². The van der Waals surface area contributed by atoms with E-state index in [-0.39, 0.29) is 30.8 Å². The van der Waals surface area contributed by atoms with Gasteiger partial charge in [0.25, 0.3) is 0 Å². The molecule has 0 bridgehead atoms. The highest BCUT2D eigenvalue weighted by atomic mass is 16.7. The van der Waals surface area contributed by atoms with E-state index in [0.717, 1.165) is 65.9 Å². The zero-order chi connectivity index (χ0) is 31.2. The lowest BCUT2D eigenvalue weighted by Gasteiger charge is -2.44. The summed E-state index contributed by atoms with van der Waals surface area (Å²) in [5.41, 5.74) is 6.04. The monoisotopic (exact) mass is 615 g/mol. The van der Waals surface area contributed by atoms with Gasteiger partial charge in [0.15, 0.2) is 12.1 Å². The SMILES string of the molecule is CCNC(=O)NCc1cccc(-c2cccc([C@H]3O[C@@H](CN4CCC5(CC4)OCCO5)[C@@H](C)[C@@H](c4ccc(CO)cc4)O3)c2)c1. The van der Waals surface area contributed by atoms with E-state index in [1.54, 1.807) is 0 Å². The Morgan fingerprint density at radius 2 is 1.60 bits per heavy atom. The molecule has 2 amide bonds. The maximum absolute atomic E-state index is 11.9. The van der Waals surface area contributed by atoms with Crippen LogP contribution in [0.2, 0.25) is 0 Å². The molecule has 9 heteroatoms. The zero-order valence-corrected chi connectivity index (χ0v) is 26.2. The first-order chi connectivity index (χ1) is 21.9. The topological polar surface area (TPSA) is 102 Å². The highest BCUT2D eigenvalue weighted by molar-refractivity contribution is 5.74. The van der Waals surface area contributed by atoms with Gasteiger partial charge in [-0.1, -0.05) is 67.6 Å². The summed E-state index contributed by atoms with van der Waals surface area (Å²) in [5, 5.41) is 15.3. The van der Waals surface area contributed by atoms with Crippen molar-refractivity contribution < 1.29 is 28.8 Å². The summed E-state index contributed by atoms with van der Waals surface area (Å²) in [6, 6.07) is 24.4. The summed E-state index contributed by atoms with van der Waals surface area (Å²) in [4.78, 5) is 14.4. The minimum absolute atomic E-state index is 0.00951. The lowest BCUT2D eigenvalue weighted by molar-refractivity contribution is -0.278. The second-order valence-electron chi connectivity index (χ2n) is 12.3. The van der Waals surface area contributed by atoms with Gasteiger partial charge < -0.3 is 39.6 Å². The number of aliphatic hydroxyl groups is 1. The summed E-state index contributed by atoms with van der Waals surface area (Å²) >= 11 is 0. The molecule has 0 saturated carbocycles. The molecule has 240 valence electrons. The van der Waals surface area contributed by atoms with E-state index >= 15 is 0 Å². The largest absolute Gasteiger partial charge is 0.392 e. The summed E-state index contributed by atoms with van der Waals surface area (Å²) < 4.78 is 25.4. The summed E-state index contributed by atoms with van der Waals surface area (Å²) in [7, 11) is 0. The van der Waals surface area contributed by atoms with Crippen LogP contribution in [0, 0.1) is 5.92 Å². The van der Waals surface area contributed by atoms with Crippen LogP contribution in [0.15, 0.2) is 72.8 Å². The van der Waals surface area contributed by atoms with Crippen LogP contribution in [0.25, 0.3) is 11.1 Å². The molecule has 1 spiro atoms. The van der Waals surface area contributed by atoms with Gasteiger partial charge in [-0.3, -0.25) is 0 Å². The lowest BCUT2D eigenvalue weighted by atomic mass is 9.89. The average molecular weight is 616 g/mol. The molecule has 0 aromatic heterocycles. The van der Waals surface area contributed by atoms with Crippen LogP contribution in [0.4, 0.5) is 4.79 Å². The number of amides is 2. The van der Waals surface area contributed by atoms with E-state index in [1.807, 2.05) is 37.3 Å². The number of urea groups is 1. The second-order valence-corrected chi connectivity index (χ2v) is 12.3. The second kappa shape index (κ2) is 14.4. The molecule has 4 atom stereocenters. The third kappa shape index (κ3) is 7.57. The number of rotatable bonds is 9. The number of likely N-dealkylation sites (tertiary alicyclic amines) is 1. The van der Waals surface area contributed by atoms with Gasteiger partial charge in [0.1, 0.15) is 0 Å². The highest BCUT2D eigenvalue weighted by Gasteiger charge is 2.43. The minimum Gasteiger partial charge on any atom is -0.392 e. The number of nitrogens with one attached hydrogen (secondary N) is 2. The van der Waals surface area contributed by atoms with Gasteiger partial charge in [-0.25, -0.2) is 4.79 Å². The van der Waals surface area contributed by atoms with E-state index in [1.165, 1.54) is 0 Å². The van der Waals surface area contributed by atoms with Crippen LogP contribution in [-0.2, 0) is 32.1 Å². The molecule has 3 aromatic carbocycles. The Morgan fingerprint density at radius 3 is 2.31 bits per heavy atom. The van der Waals surface area contributed by atoms with Crippen LogP contribution in [-0.4, -0.2) is 67.3 Å². The maximum Gasteiger partial charge on any atom is 0.315 e. The number of benzene rings is 3. The molecule has 3 heterocycles. The quantitative estimate of drug-likeness (QED) is 0.301. The first-order valence-corrected chi connectivity index (χ1v) is 16.2. The van der Waals surface area contributed by atoms with Crippen LogP contribution in [0.1, 0.15) is 61.3 Å². The van der Waals surface area contributed by atoms with E-state index in [4.69, 9.17) is 18.9 Å². The molecule has 3 N–H and O–H groups in total. The van der Waals surface area contributed by atoms with Crippen molar-refractivity contribution in [1.29, 1.82) is 0 Å². The Kier molecular flexibility index (Phi) is 10.1. The lowest BCUT2D eigenvalue weighted by Crippen LogP contribution is -2.50. The Bertz CT molecular complexity index is 1420. The smallest absolute Gasteiger partial charge is 0.315 e. The van der Waals surface area contributed by atoms with Gasteiger partial charge >= 0.3 is 6.03 Å². The number of ether oxygens (including phenoxy) is 4. The molecular formula is C36H45N3O6. The molecule has 3 aliphatic rings. The molecule has 6 rings (SSSR count). The minimum atomic E-state index is -0.547. The number of carbonyl (C=O) groups excluding carboxylic acids is 1. The third-order valence-corrected chi connectivity index (χ3v) is 9.20. The van der Waals surface area contributed by atoms with E-state index in [0.29, 0.717) is 26.3 Å². The predicted octanol–water partition coefficient (Wildman–Crippen LogP) is 5.30. The van der Waals surface area contributed by atoms with Gasteiger partial charge in [-0.15, -0.1) is 0 Å². The molecule has 3 fully saturated rings. The molecule has 3 saturated heterocycles. The average Bonchev–Trinajstić information content (AvgIpc) is 3.54. The van der Waals surface area contributed by atoms with Crippen molar-refractivity contribution in [2.75, 3.05) is 39.4 Å². The Hall–Kier alpha value is -3.31. The van der Waals surface area contributed by atoms with Crippen molar-refractivity contribution in [3.05, 3.63) is 95.1 Å². The van der Waals surface area contributed by atoms with Crippen molar-refractivity contribution >= 4 is 6.03 Å². The number of piperidine rings is 1. The van der Waals surface area contributed by atoms with Crippen molar-refractivity contribution in [3.8, 4) is 11.1 Å². The van der Waals surface area contributed by atoms with Gasteiger partial charge in [0, 0.05) is 57.0 Å². The standard InChI is InChI=1S/C36H45N3O6/c1-3-37-35(41)38-22-27-6-4-7-29(20-27)30-8-5-9-31(21-30)34-44-32(23-39-16-14-36(15-17-39)42-18-19-43-36)25(2)33(45-34)28-12-10-26(24-40)11-13-28/h4-13,20-21,25,32-34,40H,3,14-19,22-24H2,1-2H3,(H2,37,38,41)/t25-,32+,33+,34+/m1/s1. The van der Waals surface area contributed by atoms with Crippen LogP contribution < -0.4 is 10.6 Å². The van der Waals surface area contributed by atoms with Crippen molar-refractivity contribution in [2.24, 2.45) is 5.92 Å². The summed E-state index contributed by atoms with van der Waals surface area (Å²) in [6.45, 7) is 9.08. The predicted molar refractivity (Wildman–Crippen MR) is 171 cm³/mol. The first-order valence-electron chi connectivity index (χ1n) is 16.2. The van der Waals surface area contributed by atoms with Gasteiger partial charge in [0.2, 0.25) is 0 Å². The molecule has 3 aliphatic heterocycles. The van der Waals surface area contributed by atoms with Gasteiger partial charge in [-0.05, 0) is 46.9 Å². The molecule has 45 heavy (non-hydrogen) atoms.